The van der Waals surface area contributed by atoms with Crippen molar-refractivity contribution in [2.75, 3.05) is 7.11 Å². The Labute approximate surface area is 113 Å². The molecule has 1 aromatic carbocycles. The monoisotopic (exact) mass is 306 g/mol. The Morgan fingerprint density at radius 2 is 2.00 bits per heavy atom. The quantitative estimate of drug-likeness (QED) is 0.646. The van der Waals surface area contributed by atoms with Gasteiger partial charge in [0.25, 0.3) is 0 Å². The fourth-order valence-electron chi connectivity index (χ4n) is 1.51. The van der Waals surface area contributed by atoms with Gasteiger partial charge in [0, 0.05) is 23.3 Å². The van der Waals surface area contributed by atoms with E-state index in [9.17, 15) is 4.79 Å². The number of esters is 1. The van der Waals surface area contributed by atoms with Gasteiger partial charge in [-0.2, -0.15) is 0 Å². The Kier molecular flexibility index (Phi) is 4.04. The summed E-state index contributed by atoms with van der Waals surface area (Å²) >= 11 is 3.41. The average Bonchev–Trinajstić information content (AvgIpc) is 2.46. The Morgan fingerprint density at radius 3 is 2.61 bits per heavy atom. The van der Waals surface area contributed by atoms with Gasteiger partial charge in [-0.15, -0.1) is 0 Å². The van der Waals surface area contributed by atoms with Gasteiger partial charge in [-0.05, 0) is 11.1 Å². The molecule has 0 N–H and O–H groups in total. The largest absolute Gasteiger partial charge is 0.463 e. The fourth-order valence-corrected chi connectivity index (χ4v) is 1.86. The van der Waals surface area contributed by atoms with Gasteiger partial charge in [-0.1, -0.05) is 40.2 Å². The second-order valence-electron chi connectivity index (χ2n) is 3.62. The molecule has 0 radical (unpaired) electrons. The van der Waals surface area contributed by atoms with E-state index in [1.807, 2.05) is 24.3 Å². The molecule has 0 aliphatic heterocycles. The first-order valence-electron chi connectivity index (χ1n) is 5.30. The minimum absolute atomic E-state index is 0.0675. The number of methoxy groups -OCH3 is 1. The van der Waals surface area contributed by atoms with Crippen LogP contribution in [0.1, 0.15) is 16.2 Å². The number of benzene rings is 1. The molecule has 0 saturated heterocycles. The summed E-state index contributed by atoms with van der Waals surface area (Å²) in [6, 6.07) is 8.02. The van der Waals surface area contributed by atoms with Crippen LogP contribution in [-0.2, 0) is 10.1 Å². The number of hydrogen-bond donors (Lipinski definition) is 0. The van der Waals surface area contributed by atoms with Gasteiger partial charge in [-0.3, -0.25) is 0 Å². The van der Waals surface area contributed by atoms with E-state index in [4.69, 9.17) is 0 Å². The van der Waals surface area contributed by atoms with Crippen molar-refractivity contribution in [3.05, 3.63) is 48.0 Å². The molecule has 0 saturated carbocycles. The lowest BCUT2D eigenvalue weighted by Gasteiger charge is -2.03. The molecule has 0 unspecified atom stereocenters. The van der Waals surface area contributed by atoms with Crippen LogP contribution in [0.15, 0.2) is 36.7 Å². The Balaban J connectivity index is 2.31. The molecule has 0 amide bonds. The number of hydrogen-bond acceptors (Lipinski definition) is 4. The van der Waals surface area contributed by atoms with Crippen molar-refractivity contribution in [1.29, 1.82) is 0 Å². The number of ether oxygens (including phenoxy) is 1. The minimum Gasteiger partial charge on any atom is -0.463 e. The highest BCUT2D eigenvalue weighted by Gasteiger charge is 2.08. The summed E-state index contributed by atoms with van der Waals surface area (Å²) in [5.74, 6) is -0.464. The highest BCUT2D eigenvalue weighted by molar-refractivity contribution is 9.08. The Bertz CT molecular complexity index is 555. The van der Waals surface area contributed by atoms with Gasteiger partial charge in [0.05, 0.1) is 7.11 Å². The van der Waals surface area contributed by atoms with Crippen molar-refractivity contribution in [1.82, 2.24) is 9.97 Å². The SMILES string of the molecule is COC(=O)c1ncc(-c2cccc(CBr)c2)cn1. The first-order valence-corrected chi connectivity index (χ1v) is 6.42. The highest BCUT2D eigenvalue weighted by atomic mass is 79.9. The normalized spacial score (nSPS) is 10.1. The number of aromatic nitrogens is 2. The summed E-state index contributed by atoms with van der Waals surface area (Å²) in [5.41, 5.74) is 3.05. The molecule has 0 aliphatic rings. The highest BCUT2D eigenvalue weighted by Crippen LogP contribution is 2.20. The van der Waals surface area contributed by atoms with Crippen LogP contribution in [0.2, 0.25) is 0 Å². The summed E-state index contributed by atoms with van der Waals surface area (Å²) in [5, 5.41) is 0.794. The van der Waals surface area contributed by atoms with Gasteiger partial charge in [0.1, 0.15) is 0 Å². The van der Waals surface area contributed by atoms with Crippen molar-refractivity contribution in [2.45, 2.75) is 5.33 Å². The molecular formula is C13H11BrN2O2. The Morgan fingerprint density at radius 1 is 1.28 bits per heavy atom. The van der Waals surface area contributed by atoms with Crippen molar-refractivity contribution in [2.24, 2.45) is 0 Å². The molecule has 2 aromatic rings. The molecule has 0 fully saturated rings. The van der Waals surface area contributed by atoms with E-state index in [1.54, 1.807) is 12.4 Å². The van der Waals surface area contributed by atoms with E-state index in [1.165, 1.54) is 12.7 Å². The molecule has 4 nitrogen and oxygen atoms in total. The molecule has 0 bridgehead atoms. The van der Waals surface area contributed by atoms with Crippen LogP contribution in [0, 0.1) is 0 Å². The van der Waals surface area contributed by atoms with Crippen LogP contribution in [0.3, 0.4) is 0 Å². The van der Waals surface area contributed by atoms with E-state index in [-0.39, 0.29) is 5.82 Å². The van der Waals surface area contributed by atoms with E-state index in [2.05, 4.69) is 30.6 Å². The zero-order valence-corrected chi connectivity index (χ0v) is 11.3. The molecule has 1 aromatic heterocycles. The second-order valence-corrected chi connectivity index (χ2v) is 4.18. The van der Waals surface area contributed by atoms with E-state index in [0.717, 1.165) is 16.5 Å². The third kappa shape index (κ3) is 2.73. The molecule has 2 rings (SSSR count). The van der Waals surface area contributed by atoms with E-state index >= 15 is 0 Å². The summed E-state index contributed by atoms with van der Waals surface area (Å²) in [4.78, 5) is 19.2. The van der Waals surface area contributed by atoms with Crippen LogP contribution in [0.5, 0.6) is 0 Å². The lowest BCUT2D eigenvalue weighted by atomic mass is 10.1. The van der Waals surface area contributed by atoms with Crippen molar-refractivity contribution in [3.63, 3.8) is 0 Å². The number of rotatable bonds is 3. The summed E-state index contributed by atoms with van der Waals surface area (Å²) in [6.45, 7) is 0. The lowest BCUT2D eigenvalue weighted by molar-refractivity contribution is 0.0586. The first-order chi connectivity index (χ1) is 8.74. The Hall–Kier alpha value is -1.75. The van der Waals surface area contributed by atoms with Gasteiger partial charge < -0.3 is 4.74 Å². The third-order valence-electron chi connectivity index (χ3n) is 2.43. The van der Waals surface area contributed by atoms with Crippen LogP contribution in [-0.4, -0.2) is 23.0 Å². The molecule has 18 heavy (non-hydrogen) atoms. The van der Waals surface area contributed by atoms with Crippen molar-refractivity contribution in [3.8, 4) is 11.1 Å². The van der Waals surface area contributed by atoms with Gasteiger partial charge in [-0.25, -0.2) is 14.8 Å². The van der Waals surface area contributed by atoms with Crippen LogP contribution in [0.4, 0.5) is 0 Å². The predicted octanol–water partition coefficient (Wildman–Crippen LogP) is 2.83. The van der Waals surface area contributed by atoms with Gasteiger partial charge >= 0.3 is 5.97 Å². The number of carbonyl (C=O) groups excluding carboxylic acids is 1. The molecule has 1 heterocycles. The smallest absolute Gasteiger partial charge is 0.376 e. The van der Waals surface area contributed by atoms with Crippen LogP contribution < -0.4 is 0 Å². The lowest BCUT2D eigenvalue weighted by Crippen LogP contribution is -2.06. The second kappa shape index (κ2) is 5.73. The van der Waals surface area contributed by atoms with E-state index in [0.29, 0.717) is 0 Å². The average molecular weight is 307 g/mol. The topological polar surface area (TPSA) is 52.1 Å². The van der Waals surface area contributed by atoms with Crippen molar-refractivity contribution < 1.29 is 9.53 Å². The fraction of sp³-hybridized carbons (Fsp3) is 0.154. The molecule has 0 spiro atoms. The number of carbonyl (C=O) groups is 1. The summed E-state index contributed by atoms with van der Waals surface area (Å²) in [6.07, 6.45) is 3.24. The molecule has 92 valence electrons. The molecule has 5 heteroatoms. The molecular weight excluding hydrogens is 296 g/mol. The molecule has 0 atom stereocenters. The summed E-state index contributed by atoms with van der Waals surface area (Å²) in [7, 11) is 1.30. The maximum absolute atomic E-state index is 11.2. The first kappa shape index (κ1) is 12.7. The predicted molar refractivity (Wildman–Crippen MR) is 71.4 cm³/mol. The molecule has 0 aliphatic carbocycles. The van der Waals surface area contributed by atoms with Gasteiger partial charge in [0.15, 0.2) is 0 Å². The zero-order valence-electron chi connectivity index (χ0n) is 9.76. The summed E-state index contributed by atoms with van der Waals surface area (Å²) < 4.78 is 4.55. The maximum atomic E-state index is 11.2. The standard InChI is InChI=1S/C13H11BrN2O2/c1-18-13(17)12-15-7-11(8-16-12)10-4-2-3-9(5-10)6-14/h2-5,7-8H,6H2,1H3. The number of nitrogens with zero attached hydrogens (tertiary/aromatic N) is 2. The van der Waals surface area contributed by atoms with Crippen LogP contribution in [0.25, 0.3) is 11.1 Å². The number of alkyl halides is 1. The van der Waals surface area contributed by atoms with Crippen molar-refractivity contribution >= 4 is 21.9 Å². The van der Waals surface area contributed by atoms with E-state index < -0.39 is 5.97 Å². The minimum atomic E-state index is -0.532. The number of halogens is 1. The zero-order chi connectivity index (χ0) is 13.0. The van der Waals surface area contributed by atoms with Gasteiger partial charge in [0.2, 0.25) is 5.82 Å². The third-order valence-corrected chi connectivity index (χ3v) is 3.08. The van der Waals surface area contributed by atoms with Crippen LogP contribution >= 0.6 is 15.9 Å². The maximum Gasteiger partial charge on any atom is 0.376 e.